The van der Waals surface area contributed by atoms with Crippen LogP contribution in [-0.4, -0.2) is 68.7 Å². The Morgan fingerprint density at radius 3 is 2.69 bits per heavy atom. The number of carbonyl (C=O) groups is 1. The van der Waals surface area contributed by atoms with Crippen molar-refractivity contribution in [2.45, 2.75) is 45.3 Å². The van der Waals surface area contributed by atoms with Crippen LogP contribution in [-0.2, 0) is 4.79 Å². The van der Waals surface area contributed by atoms with Gasteiger partial charge >= 0.3 is 0 Å². The predicted molar refractivity (Wildman–Crippen MR) is 114 cm³/mol. The standard InChI is InChI=1S/C21H34FN5O2/c1-4-11-24-20(28)15-27-12-9-17(10-13-27)26-21(23-3)25-14-16(2)29-19-8-6-5-7-18(19)22/h5-8,16-17H,4,9-15H2,1-3H3,(H,24,28)(H2,23,25,26). The molecule has 0 saturated carbocycles. The minimum atomic E-state index is -0.364. The van der Waals surface area contributed by atoms with Crippen LogP contribution in [0.1, 0.15) is 33.1 Å². The van der Waals surface area contributed by atoms with Crippen LogP contribution >= 0.6 is 0 Å². The fraction of sp³-hybridized carbons (Fsp3) is 0.619. The zero-order chi connectivity index (χ0) is 21.1. The van der Waals surface area contributed by atoms with Gasteiger partial charge in [-0.1, -0.05) is 19.1 Å². The number of likely N-dealkylation sites (tertiary alicyclic amines) is 1. The molecule has 1 atom stereocenters. The van der Waals surface area contributed by atoms with Gasteiger partial charge in [-0.2, -0.15) is 0 Å². The second-order valence-corrected chi connectivity index (χ2v) is 7.36. The maximum Gasteiger partial charge on any atom is 0.234 e. The summed E-state index contributed by atoms with van der Waals surface area (Å²) in [5.41, 5.74) is 0. The van der Waals surface area contributed by atoms with Gasteiger partial charge in [-0.15, -0.1) is 0 Å². The van der Waals surface area contributed by atoms with E-state index in [0.29, 0.717) is 25.1 Å². The first-order valence-corrected chi connectivity index (χ1v) is 10.4. The second kappa shape index (κ2) is 12.3. The number of amides is 1. The number of para-hydroxylation sites is 1. The maximum atomic E-state index is 13.7. The number of halogens is 1. The average molecular weight is 408 g/mol. The van der Waals surface area contributed by atoms with Gasteiger partial charge in [0.1, 0.15) is 6.10 Å². The van der Waals surface area contributed by atoms with Gasteiger partial charge in [-0.25, -0.2) is 4.39 Å². The number of hydrogen-bond donors (Lipinski definition) is 3. The molecular formula is C21H34FN5O2. The van der Waals surface area contributed by atoms with Crippen LogP contribution in [0.5, 0.6) is 5.75 Å². The third-order valence-electron chi connectivity index (χ3n) is 4.81. The number of piperidine rings is 1. The van der Waals surface area contributed by atoms with Gasteiger partial charge in [0.05, 0.1) is 13.1 Å². The molecule has 1 aromatic rings. The molecule has 0 aliphatic carbocycles. The van der Waals surface area contributed by atoms with Crippen molar-refractivity contribution in [3.05, 3.63) is 30.1 Å². The number of rotatable bonds is 9. The molecule has 0 bridgehead atoms. The molecule has 29 heavy (non-hydrogen) atoms. The molecule has 1 unspecified atom stereocenters. The van der Waals surface area contributed by atoms with E-state index in [9.17, 15) is 9.18 Å². The lowest BCUT2D eigenvalue weighted by molar-refractivity contribution is -0.122. The zero-order valence-corrected chi connectivity index (χ0v) is 17.7. The Morgan fingerprint density at radius 1 is 1.31 bits per heavy atom. The Hall–Kier alpha value is -2.35. The molecule has 1 fully saturated rings. The van der Waals surface area contributed by atoms with Crippen molar-refractivity contribution in [1.29, 1.82) is 0 Å². The minimum Gasteiger partial charge on any atom is -0.486 e. The van der Waals surface area contributed by atoms with E-state index in [-0.39, 0.29) is 23.6 Å². The van der Waals surface area contributed by atoms with Crippen LogP contribution in [0.2, 0.25) is 0 Å². The van der Waals surface area contributed by atoms with Gasteiger partial charge < -0.3 is 20.7 Å². The molecule has 1 saturated heterocycles. The van der Waals surface area contributed by atoms with Gasteiger partial charge in [0.25, 0.3) is 0 Å². The maximum absolute atomic E-state index is 13.7. The molecule has 2 rings (SSSR count). The summed E-state index contributed by atoms with van der Waals surface area (Å²) < 4.78 is 19.3. The fourth-order valence-corrected chi connectivity index (χ4v) is 3.19. The van der Waals surface area contributed by atoms with E-state index in [1.54, 1.807) is 25.2 Å². The highest BCUT2D eigenvalue weighted by Gasteiger charge is 2.21. The van der Waals surface area contributed by atoms with E-state index in [1.165, 1.54) is 6.07 Å². The molecule has 1 amide bonds. The van der Waals surface area contributed by atoms with Crippen LogP contribution in [0.4, 0.5) is 4.39 Å². The summed E-state index contributed by atoms with van der Waals surface area (Å²) in [6.07, 6.45) is 2.63. The number of ether oxygens (including phenoxy) is 1. The number of benzene rings is 1. The summed E-state index contributed by atoms with van der Waals surface area (Å²) in [6, 6.07) is 6.70. The Labute approximate surface area is 173 Å². The van der Waals surface area contributed by atoms with Crippen molar-refractivity contribution >= 4 is 11.9 Å². The molecular weight excluding hydrogens is 373 g/mol. The smallest absolute Gasteiger partial charge is 0.234 e. The number of nitrogens with zero attached hydrogens (tertiary/aromatic N) is 2. The lowest BCUT2D eigenvalue weighted by Gasteiger charge is -2.32. The molecule has 3 N–H and O–H groups in total. The summed E-state index contributed by atoms with van der Waals surface area (Å²) in [7, 11) is 1.73. The van der Waals surface area contributed by atoms with Gasteiger partial charge in [0.2, 0.25) is 5.91 Å². The number of nitrogens with one attached hydrogen (secondary N) is 3. The molecule has 162 valence electrons. The fourth-order valence-electron chi connectivity index (χ4n) is 3.19. The first-order valence-electron chi connectivity index (χ1n) is 10.4. The van der Waals surface area contributed by atoms with E-state index in [2.05, 4.69) is 25.8 Å². The molecule has 8 heteroatoms. The normalized spacial score (nSPS) is 16.9. The van der Waals surface area contributed by atoms with E-state index in [1.807, 2.05) is 13.8 Å². The predicted octanol–water partition coefficient (Wildman–Crippen LogP) is 1.75. The van der Waals surface area contributed by atoms with E-state index >= 15 is 0 Å². The highest BCUT2D eigenvalue weighted by Crippen LogP contribution is 2.16. The van der Waals surface area contributed by atoms with Crippen LogP contribution < -0.4 is 20.7 Å². The van der Waals surface area contributed by atoms with Crippen LogP contribution in [0.15, 0.2) is 29.3 Å². The van der Waals surface area contributed by atoms with Crippen LogP contribution in [0, 0.1) is 5.82 Å². The number of carbonyl (C=O) groups excluding carboxylic acids is 1. The zero-order valence-electron chi connectivity index (χ0n) is 17.7. The van der Waals surface area contributed by atoms with Crippen molar-refractivity contribution in [3.63, 3.8) is 0 Å². The van der Waals surface area contributed by atoms with E-state index in [0.717, 1.165) is 38.9 Å². The highest BCUT2D eigenvalue weighted by molar-refractivity contribution is 5.80. The molecule has 1 aliphatic heterocycles. The number of aliphatic imine (C=N–C) groups is 1. The topological polar surface area (TPSA) is 78.0 Å². The first-order chi connectivity index (χ1) is 14.0. The average Bonchev–Trinajstić information content (AvgIpc) is 2.72. The summed E-state index contributed by atoms with van der Waals surface area (Å²) in [4.78, 5) is 18.3. The van der Waals surface area contributed by atoms with Gasteiger partial charge in [0.15, 0.2) is 17.5 Å². The molecule has 1 aromatic carbocycles. The Morgan fingerprint density at radius 2 is 2.03 bits per heavy atom. The van der Waals surface area contributed by atoms with Crippen molar-refractivity contribution in [2.24, 2.45) is 4.99 Å². The summed E-state index contributed by atoms with van der Waals surface area (Å²) in [5, 5.41) is 9.58. The monoisotopic (exact) mass is 407 g/mol. The van der Waals surface area contributed by atoms with Gasteiger partial charge in [0, 0.05) is 32.7 Å². The van der Waals surface area contributed by atoms with Gasteiger partial charge in [-0.05, 0) is 38.3 Å². The highest BCUT2D eigenvalue weighted by atomic mass is 19.1. The lowest BCUT2D eigenvalue weighted by atomic mass is 10.1. The lowest BCUT2D eigenvalue weighted by Crippen LogP contribution is -2.51. The third-order valence-corrected chi connectivity index (χ3v) is 4.81. The third kappa shape index (κ3) is 8.27. The SMILES string of the molecule is CCCNC(=O)CN1CCC(NC(=NC)NCC(C)Oc2ccccc2F)CC1. The molecule has 1 heterocycles. The number of guanidine groups is 1. The van der Waals surface area contributed by atoms with Crippen molar-refractivity contribution in [1.82, 2.24) is 20.9 Å². The molecule has 1 aliphatic rings. The van der Waals surface area contributed by atoms with Crippen LogP contribution in [0.25, 0.3) is 0 Å². The van der Waals surface area contributed by atoms with Gasteiger partial charge in [-0.3, -0.25) is 14.7 Å². The Bertz CT molecular complexity index is 662. The minimum absolute atomic E-state index is 0.0968. The van der Waals surface area contributed by atoms with E-state index < -0.39 is 0 Å². The second-order valence-electron chi connectivity index (χ2n) is 7.36. The first kappa shape index (κ1) is 22.9. The molecule has 0 spiro atoms. The van der Waals surface area contributed by atoms with Crippen molar-refractivity contribution < 1.29 is 13.9 Å². The Kier molecular flexibility index (Phi) is 9.70. The van der Waals surface area contributed by atoms with Crippen molar-refractivity contribution in [2.75, 3.05) is 39.8 Å². The summed E-state index contributed by atoms with van der Waals surface area (Å²) in [5.74, 6) is 0.685. The van der Waals surface area contributed by atoms with Crippen LogP contribution in [0.3, 0.4) is 0 Å². The summed E-state index contributed by atoms with van der Waals surface area (Å²) >= 11 is 0. The summed E-state index contributed by atoms with van der Waals surface area (Å²) in [6.45, 7) is 7.38. The van der Waals surface area contributed by atoms with Crippen molar-refractivity contribution in [3.8, 4) is 5.75 Å². The molecule has 0 aromatic heterocycles. The van der Waals surface area contributed by atoms with E-state index in [4.69, 9.17) is 4.74 Å². The molecule has 0 radical (unpaired) electrons. The largest absolute Gasteiger partial charge is 0.486 e. The Balaban J connectivity index is 1.68. The number of hydrogen-bond acceptors (Lipinski definition) is 4. The quantitative estimate of drug-likeness (QED) is 0.429. The molecule has 7 nitrogen and oxygen atoms in total.